The van der Waals surface area contributed by atoms with E-state index in [1.54, 1.807) is 19.2 Å². The summed E-state index contributed by atoms with van der Waals surface area (Å²) in [5.41, 5.74) is 1.32. The predicted octanol–water partition coefficient (Wildman–Crippen LogP) is 5.73. The highest BCUT2D eigenvalue weighted by Gasteiger charge is 2.26. The number of likely N-dealkylation sites (N-methyl/N-ethyl adjacent to an activating group) is 1. The van der Waals surface area contributed by atoms with Crippen molar-refractivity contribution in [2.75, 3.05) is 50.6 Å². The van der Waals surface area contributed by atoms with Crippen LogP contribution in [-0.4, -0.2) is 57.7 Å². The summed E-state index contributed by atoms with van der Waals surface area (Å²) in [5, 5.41) is 0.549. The molecule has 0 aliphatic carbocycles. The maximum atomic E-state index is 14.9. The van der Waals surface area contributed by atoms with E-state index in [0.717, 1.165) is 32.4 Å². The highest BCUT2D eigenvalue weighted by molar-refractivity contribution is 6.37. The van der Waals surface area contributed by atoms with Crippen LogP contribution in [0.15, 0.2) is 30.3 Å². The van der Waals surface area contributed by atoms with Crippen LogP contribution < -0.4 is 14.5 Å². The Bertz CT molecular complexity index is 947. The second-order valence-electron chi connectivity index (χ2n) is 8.32. The van der Waals surface area contributed by atoms with E-state index in [0.29, 0.717) is 35.3 Å². The maximum absolute atomic E-state index is 14.9. The number of carbonyl (C=O) groups is 1. The van der Waals surface area contributed by atoms with E-state index in [-0.39, 0.29) is 21.8 Å². The van der Waals surface area contributed by atoms with Crippen molar-refractivity contribution in [2.24, 2.45) is 0 Å². The van der Waals surface area contributed by atoms with E-state index < -0.39 is 0 Å². The average Bonchev–Trinajstić information content (AvgIpc) is 3.24. The molecule has 1 amide bonds. The second-order valence-corrected chi connectivity index (χ2v) is 9.14. The second kappa shape index (κ2) is 10.7. The van der Waals surface area contributed by atoms with Gasteiger partial charge in [-0.1, -0.05) is 36.5 Å². The molecule has 0 N–H and O–H groups in total. The number of rotatable bonds is 8. The molecule has 1 atom stereocenters. The van der Waals surface area contributed by atoms with Crippen molar-refractivity contribution in [3.8, 4) is 5.75 Å². The highest BCUT2D eigenvalue weighted by Crippen LogP contribution is 2.35. The molecule has 32 heavy (non-hydrogen) atoms. The van der Waals surface area contributed by atoms with Gasteiger partial charge in [0, 0.05) is 37.4 Å². The van der Waals surface area contributed by atoms with Crippen molar-refractivity contribution in [3.05, 3.63) is 51.8 Å². The van der Waals surface area contributed by atoms with Crippen molar-refractivity contribution < 1.29 is 13.9 Å². The lowest BCUT2D eigenvalue weighted by atomic mass is 10.1. The molecule has 1 aliphatic rings. The molecule has 8 heteroatoms. The van der Waals surface area contributed by atoms with Gasteiger partial charge in [0.25, 0.3) is 5.91 Å². The Kier molecular flexibility index (Phi) is 8.26. The Morgan fingerprint density at radius 1 is 1.19 bits per heavy atom. The predicted molar refractivity (Wildman–Crippen MR) is 130 cm³/mol. The van der Waals surface area contributed by atoms with E-state index in [2.05, 4.69) is 11.8 Å². The van der Waals surface area contributed by atoms with Crippen molar-refractivity contribution in [1.82, 2.24) is 4.90 Å². The first-order valence-corrected chi connectivity index (χ1v) is 11.6. The summed E-state index contributed by atoms with van der Waals surface area (Å²) < 4.78 is 20.6. The number of anilines is 2. The van der Waals surface area contributed by atoms with Crippen LogP contribution in [-0.2, 0) is 0 Å². The third kappa shape index (κ3) is 5.48. The van der Waals surface area contributed by atoms with E-state index in [1.807, 2.05) is 19.0 Å². The summed E-state index contributed by atoms with van der Waals surface area (Å²) in [6, 6.07) is 8.35. The number of hydrogen-bond donors (Lipinski definition) is 0. The van der Waals surface area contributed by atoms with E-state index >= 15 is 0 Å². The van der Waals surface area contributed by atoms with Gasteiger partial charge in [-0.2, -0.15) is 0 Å². The monoisotopic (exact) mass is 481 g/mol. The summed E-state index contributed by atoms with van der Waals surface area (Å²) in [5.74, 6) is -0.315. The molecule has 0 saturated carbocycles. The first-order chi connectivity index (χ1) is 15.2. The number of ether oxygens (including phenoxy) is 1. The SMILES string of the molecule is CCCCOc1c(Cl)cc(C(=O)N(C)c2ccc(N3CCC(N(C)C)C3)c(F)c2)cc1Cl. The van der Waals surface area contributed by atoms with Crippen LogP contribution in [0.3, 0.4) is 0 Å². The minimum atomic E-state index is -0.350. The summed E-state index contributed by atoms with van der Waals surface area (Å²) in [7, 11) is 5.68. The summed E-state index contributed by atoms with van der Waals surface area (Å²) in [4.78, 5) is 18.6. The molecule has 0 aromatic heterocycles. The van der Waals surface area contributed by atoms with E-state index in [9.17, 15) is 9.18 Å². The van der Waals surface area contributed by atoms with Crippen LogP contribution >= 0.6 is 23.2 Å². The molecule has 1 saturated heterocycles. The third-order valence-electron chi connectivity index (χ3n) is 5.85. The first kappa shape index (κ1) is 24.6. The number of hydrogen-bond acceptors (Lipinski definition) is 4. The fourth-order valence-electron chi connectivity index (χ4n) is 3.79. The van der Waals surface area contributed by atoms with Gasteiger partial charge < -0.3 is 19.4 Å². The van der Waals surface area contributed by atoms with Gasteiger partial charge in [0.05, 0.1) is 22.3 Å². The van der Waals surface area contributed by atoms with Crippen molar-refractivity contribution in [2.45, 2.75) is 32.2 Å². The summed E-state index contributed by atoms with van der Waals surface area (Å²) in [6.45, 7) is 4.14. The zero-order valence-corrected chi connectivity index (χ0v) is 20.5. The number of unbranched alkanes of at least 4 members (excludes halogenated alkanes) is 1. The molecule has 0 spiro atoms. The zero-order valence-electron chi connectivity index (χ0n) is 19.0. The Morgan fingerprint density at radius 2 is 1.88 bits per heavy atom. The smallest absolute Gasteiger partial charge is 0.258 e. The standard InChI is InChI=1S/C24H30Cl2FN3O2/c1-5-6-11-32-23-19(25)12-16(13-20(23)26)24(31)29(4)17-7-8-22(21(27)14-17)30-10-9-18(15-30)28(2)3/h7-8,12-14,18H,5-6,9-11,15H2,1-4H3. The van der Waals surface area contributed by atoms with Gasteiger partial charge in [-0.15, -0.1) is 0 Å². The van der Waals surface area contributed by atoms with Gasteiger partial charge >= 0.3 is 0 Å². The Hall–Kier alpha value is -2.02. The molecule has 1 unspecified atom stereocenters. The fraction of sp³-hybridized carbons (Fsp3) is 0.458. The maximum Gasteiger partial charge on any atom is 0.258 e. The molecule has 5 nitrogen and oxygen atoms in total. The van der Waals surface area contributed by atoms with Crippen LogP contribution in [0, 0.1) is 5.82 Å². The normalized spacial score (nSPS) is 16.0. The zero-order chi connectivity index (χ0) is 23.4. The average molecular weight is 482 g/mol. The van der Waals surface area contributed by atoms with Crippen LogP contribution in [0.4, 0.5) is 15.8 Å². The van der Waals surface area contributed by atoms with Gasteiger partial charge in [0.1, 0.15) is 5.82 Å². The van der Waals surface area contributed by atoms with Crippen molar-refractivity contribution in [1.29, 1.82) is 0 Å². The van der Waals surface area contributed by atoms with Crippen LogP contribution in [0.25, 0.3) is 0 Å². The minimum Gasteiger partial charge on any atom is -0.490 e. The lowest BCUT2D eigenvalue weighted by molar-refractivity contribution is 0.0993. The van der Waals surface area contributed by atoms with Crippen LogP contribution in [0.1, 0.15) is 36.5 Å². The molecule has 1 aliphatic heterocycles. The molecule has 0 radical (unpaired) electrons. The number of nitrogens with zero attached hydrogens (tertiary/aromatic N) is 3. The molecule has 0 bridgehead atoms. The number of carbonyl (C=O) groups excluding carboxylic acids is 1. The van der Waals surface area contributed by atoms with Gasteiger partial charge in [0.2, 0.25) is 0 Å². The molecule has 174 valence electrons. The van der Waals surface area contributed by atoms with Gasteiger partial charge in [-0.05, 0) is 57.3 Å². The number of amides is 1. The lowest BCUT2D eigenvalue weighted by Crippen LogP contribution is -2.31. The van der Waals surface area contributed by atoms with Gasteiger partial charge in [-0.3, -0.25) is 4.79 Å². The van der Waals surface area contributed by atoms with Crippen molar-refractivity contribution >= 4 is 40.5 Å². The molecule has 1 fully saturated rings. The summed E-state index contributed by atoms with van der Waals surface area (Å²) in [6.07, 6.45) is 2.86. The lowest BCUT2D eigenvalue weighted by Gasteiger charge is -2.24. The van der Waals surface area contributed by atoms with Crippen LogP contribution in [0.2, 0.25) is 10.0 Å². The molecule has 2 aromatic carbocycles. The molecular formula is C24H30Cl2FN3O2. The molecular weight excluding hydrogens is 452 g/mol. The van der Waals surface area contributed by atoms with E-state index in [4.69, 9.17) is 27.9 Å². The van der Waals surface area contributed by atoms with Crippen LogP contribution in [0.5, 0.6) is 5.75 Å². The van der Waals surface area contributed by atoms with Crippen molar-refractivity contribution in [3.63, 3.8) is 0 Å². The van der Waals surface area contributed by atoms with E-state index in [1.165, 1.54) is 23.1 Å². The topological polar surface area (TPSA) is 36.0 Å². The fourth-order valence-corrected chi connectivity index (χ4v) is 4.39. The number of benzene rings is 2. The Labute approximate surface area is 199 Å². The van der Waals surface area contributed by atoms with Gasteiger partial charge in [-0.25, -0.2) is 4.39 Å². The quantitative estimate of drug-likeness (QED) is 0.451. The minimum absolute atomic E-state index is 0.274. The third-order valence-corrected chi connectivity index (χ3v) is 6.41. The molecule has 2 aromatic rings. The molecule has 1 heterocycles. The van der Waals surface area contributed by atoms with Gasteiger partial charge in [0.15, 0.2) is 5.75 Å². The largest absolute Gasteiger partial charge is 0.490 e. The highest BCUT2D eigenvalue weighted by atomic mass is 35.5. The Morgan fingerprint density at radius 3 is 2.44 bits per heavy atom. The Balaban J connectivity index is 1.75. The number of halogens is 3. The summed E-state index contributed by atoms with van der Waals surface area (Å²) >= 11 is 12.6. The first-order valence-electron chi connectivity index (χ1n) is 10.8. The molecule has 3 rings (SSSR count).